The third kappa shape index (κ3) is 5.03. The van der Waals surface area contributed by atoms with Crippen molar-refractivity contribution < 1.29 is 26.2 Å². The van der Waals surface area contributed by atoms with Crippen LogP contribution in [0.15, 0.2) is 24.3 Å². The summed E-state index contributed by atoms with van der Waals surface area (Å²) in [5.74, 6) is -0.0577. The van der Waals surface area contributed by atoms with Crippen LogP contribution in [-0.2, 0) is 14.0 Å². The summed E-state index contributed by atoms with van der Waals surface area (Å²) in [5, 5.41) is 0. The second kappa shape index (κ2) is 7.91. The summed E-state index contributed by atoms with van der Waals surface area (Å²) >= 11 is 0.679. The van der Waals surface area contributed by atoms with Crippen LogP contribution in [0.1, 0.15) is 46.4 Å². The fourth-order valence-electron chi connectivity index (χ4n) is 2.32. The standard InChI is InChI=1S/C14H17NO6S2/c16-13-11-7-3-4-8-12(11)14(17)15(13)9-5-1-2-6-10-22-21-23(18,19)20/h3-4,7-8H,1-2,5-6,9-10H2,(H,18,19,20). The molecule has 1 aliphatic heterocycles. The molecule has 9 heteroatoms. The minimum atomic E-state index is -4.39. The summed E-state index contributed by atoms with van der Waals surface area (Å²) in [4.78, 5) is 25.5. The van der Waals surface area contributed by atoms with Crippen LogP contribution in [0.5, 0.6) is 0 Å². The smallest absolute Gasteiger partial charge is 0.274 e. The molecule has 0 spiro atoms. The zero-order chi connectivity index (χ0) is 16.9. The number of imide groups is 1. The van der Waals surface area contributed by atoms with Crippen molar-refractivity contribution in [2.75, 3.05) is 12.3 Å². The van der Waals surface area contributed by atoms with Crippen molar-refractivity contribution in [1.29, 1.82) is 0 Å². The Balaban J connectivity index is 1.64. The number of amides is 2. The number of nitrogens with zero attached hydrogens (tertiary/aromatic N) is 1. The number of carbonyl (C=O) groups excluding carboxylic acids is 2. The molecule has 0 atom stereocenters. The Morgan fingerprint density at radius 2 is 1.57 bits per heavy atom. The normalized spacial score (nSPS) is 14.4. The zero-order valence-electron chi connectivity index (χ0n) is 12.3. The quantitative estimate of drug-likeness (QED) is 0.312. The SMILES string of the molecule is O=C1c2ccccc2C(=O)N1CCCCCCSOS(=O)(=O)O. The van der Waals surface area contributed by atoms with Crippen LogP contribution in [0.2, 0.25) is 0 Å². The molecular formula is C14H17NO6S2. The molecule has 1 heterocycles. The first-order valence-corrected chi connectivity index (χ1v) is 9.41. The monoisotopic (exact) mass is 359 g/mol. The van der Waals surface area contributed by atoms with Crippen LogP contribution in [0, 0.1) is 0 Å². The summed E-state index contributed by atoms with van der Waals surface area (Å²) in [6.07, 6.45) is 3.02. The van der Waals surface area contributed by atoms with Gasteiger partial charge in [-0.25, -0.2) is 0 Å². The highest BCUT2D eigenvalue weighted by atomic mass is 32.3. The molecule has 0 saturated carbocycles. The summed E-state index contributed by atoms with van der Waals surface area (Å²) in [6, 6.07) is 6.78. The first-order valence-electron chi connectivity index (χ1n) is 7.14. The van der Waals surface area contributed by atoms with E-state index in [1.165, 1.54) is 4.90 Å². The predicted octanol–water partition coefficient (Wildman–Crippen LogP) is 2.31. The highest BCUT2D eigenvalue weighted by Gasteiger charge is 2.34. The van der Waals surface area contributed by atoms with Gasteiger partial charge in [0.05, 0.1) is 11.1 Å². The minimum absolute atomic E-state index is 0.247. The molecule has 1 aromatic carbocycles. The lowest BCUT2D eigenvalue weighted by Crippen LogP contribution is -2.30. The molecule has 126 valence electrons. The fourth-order valence-corrected chi connectivity index (χ4v) is 3.40. The molecule has 23 heavy (non-hydrogen) atoms. The van der Waals surface area contributed by atoms with Gasteiger partial charge in [-0.05, 0) is 25.0 Å². The first-order chi connectivity index (χ1) is 10.9. The van der Waals surface area contributed by atoms with Crippen LogP contribution in [0.4, 0.5) is 0 Å². The molecule has 1 aromatic rings. The molecular weight excluding hydrogens is 342 g/mol. The molecule has 7 nitrogen and oxygen atoms in total. The highest BCUT2D eigenvalue weighted by molar-refractivity contribution is 8.02. The second-order valence-electron chi connectivity index (χ2n) is 5.04. The van der Waals surface area contributed by atoms with Gasteiger partial charge < -0.3 is 0 Å². The Morgan fingerprint density at radius 3 is 2.13 bits per heavy atom. The van der Waals surface area contributed by atoms with E-state index in [2.05, 4.69) is 3.63 Å². The lowest BCUT2D eigenvalue weighted by molar-refractivity contribution is 0.0651. The van der Waals surface area contributed by atoms with Gasteiger partial charge >= 0.3 is 10.4 Å². The van der Waals surface area contributed by atoms with E-state index in [0.29, 0.717) is 48.3 Å². The lowest BCUT2D eigenvalue weighted by atomic mass is 10.1. The second-order valence-corrected chi connectivity index (χ2v) is 7.08. The van der Waals surface area contributed by atoms with Crippen molar-refractivity contribution in [2.45, 2.75) is 25.7 Å². The average molecular weight is 359 g/mol. The van der Waals surface area contributed by atoms with E-state index in [4.69, 9.17) is 4.55 Å². The fraction of sp³-hybridized carbons (Fsp3) is 0.429. The van der Waals surface area contributed by atoms with Crippen molar-refractivity contribution >= 4 is 34.3 Å². The number of carbonyl (C=O) groups is 2. The van der Waals surface area contributed by atoms with Crippen LogP contribution in [0.25, 0.3) is 0 Å². The number of fused-ring (bicyclic) bond motifs is 1. The molecule has 0 unspecified atom stereocenters. The van der Waals surface area contributed by atoms with Crippen LogP contribution in [0.3, 0.4) is 0 Å². The van der Waals surface area contributed by atoms with E-state index in [0.717, 1.165) is 12.8 Å². The van der Waals surface area contributed by atoms with Crippen molar-refractivity contribution in [3.8, 4) is 0 Å². The summed E-state index contributed by atoms with van der Waals surface area (Å²) < 4.78 is 33.1. The third-order valence-electron chi connectivity index (χ3n) is 3.37. The predicted molar refractivity (Wildman–Crippen MR) is 85.4 cm³/mol. The van der Waals surface area contributed by atoms with Gasteiger partial charge in [-0.1, -0.05) is 25.0 Å². The molecule has 0 aliphatic carbocycles. The highest BCUT2D eigenvalue weighted by Crippen LogP contribution is 2.22. The van der Waals surface area contributed by atoms with Gasteiger partial charge in [0.15, 0.2) is 0 Å². The zero-order valence-corrected chi connectivity index (χ0v) is 13.9. The Labute approximate surface area is 139 Å². The maximum absolute atomic E-state index is 12.1. The third-order valence-corrected chi connectivity index (χ3v) is 4.90. The lowest BCUT2D eigenvalue weighted by Gasteiger charge is -2.13. The number of rotatable bonds is 9. The van der Waals surface area contributed by atoms with E-state index in [9.17, 15) is 18.0 Å². The van der Waals surface area contributed by atoms with Gasteiger partial charge in [-0.15, -0.1) is 0 Å². The van der Waals surface area contributed by atoms with E-state index < -0.39 is 10.4 Å². The van der Waals surface area contributed by atoms with Crippen LogP contribution >= 0.6 is 12.0 Å². The van der Waals surface area contributed by atoms with Crippen LogP contribution < -0.4 is 0 Å². The van der Waals surface area contributed by atoms with Gasteiger partial charge in [0.1, 0.15) is 0 Å². The number of benzene rings is 1. The minimum Gasteiger partial charge on any atom is -0.274 e. The van der Waals surface area contributed by atoms with Gasteiger partial charge in [-0.3, -0.25) is 19.0 Å². The van der Waals surface area contributed by atoms with E-state index >= 15 is 0 Å². The Morgan fingerprint density at radius 1 is 1.00 bits per heavy atom. The van der Waals surface area contributed by atoms with E-state index in [-0.39, 0.29) is 11.8 Å². The Hall–Kier alpha value is -1.42. The van der Waals surface area contributed by atoms with Crippen molar-refractivity contribution in [1.82, 2.24) is 4.90 Å². The molecule has 0 bridgehead atoms. The largest absolute Gasteiger partial charge is 0.408 e. The summed E-state index contributed by atoms with van der Waals surface area (Å²) in [7, 11) is -4.39. The Bertz CT molecular complexity index is 653. The number of hydrogen-bond donors (Lipinski definition) is 1. The van der Waals surface area contributed by atoms with Gasteiger partial charge in [0.25, 0.3) is 11.8 Å². The first kappa shape index (κ1) is 17.9. The molecule has 0 fully saturated rings. The molecule has 0 radical (unpaired) electrons. The van der Waals surface area contributed by atoms with Crippen molar-refractivity contribution in [3.05, 3.63) is 35.4 Å². The number of hydrogen-bond acceptors (Lipinski definition) is 6. The topological polar surface area (TPSA) is 101 Å². The maximum Gasteiger partial charge on any atom is 0.408 e. The molecule has 2 rings (SSSR count). The average Bonchev–Trinajstić information content (AvgIpc) is 2.74. The van der Waals surface area contributed by atoms with E-state index in [1.54, 1.807) is 24.3 Å². The molecule has 2 amide bonds. The molecule has 0 saturated heterocycles. The summed E-state index contributed by atoms with van der Waals surface area (Å²) in [5.41, 5.74) is 0.910. The van der Waals surface area contributed by atoms with E-state index in [1.807, 2.05) is 0 Å². The van der Waals surface area contributed by atoms with Crippen molar-refractivity contribution in [3.63, 3.8) is 0 Å². The summed E-state index contributed by atoms with van der Waals surface area (Å²) in [6.45, 7) is 0.376. The molecule has 0 aromatic heterocycles. The maximum atomic E-state index is 12.1. The van der Waals surface area contributed by atoms with Crippen molar-refractivity contribution in [2.24, 2.45) is 0 Å². The van der Waals surface area contributed by atoms with Crippen LogP contribution in [-0.4, -0.2) is 42.0 Å². The Kier molecular flexibility index (Phi) is 6.17. The number of unbranched alkanes of at least 4 members (excludes halogenated alkanes) is 3. The van der Waals surface area contributed by atoms with Gasteiger partial charge in [0.2, 0.25) is 0 Å². The molecule has 1 aliphatic rings. The molecule has 1 N–H and O–H groups in total. The van der Waals surface area contributed by atoms with Gasteiger partial charge in [-0.2, -0.15) is 12.0 Å². The van der Waals surface area contributed by atoms with Gasteiger partial charge in [0, 0.05) is 24.3 Å².